The van der Waals surface area contributed by atoms with Crippen molar-refractivity contribution in [2.45, 2.75) is 70.6 Å². The van der Waals surface area contributed by atoms with Crippen LogP contribution >= 0.6 is 0 Å². The molecule has 1 aromatic carbocycles. The number of rotatable bonds is 2. The van der Waals surface area contributed by atoms with Crippen molar-refractivity contribution >= 4 is 8.07 Å². The molecule has 0 aromatic heterocycles. The van der Waals surface area contributed by atoms with E-state index in [1.807, 2.05) is 0 Å². The Morgan fingerprint density at radius 3 is 2.05 bits per heavy atom. The van der Waals surface area contributed by atoms with Crippen LogP contribution in [0.25, 0.3) is 0 Å². The molecule has 0 atom stereocenters. The maximum absolute atomic E-state index is 2.54. The average molecular weight is 340 g/mol. The fourth-order valence-electron chi connectivity index (χ4n) is 2.65. The predicted molar refractivity (Wildman–Crippen MR) is 98.8 cm³/mol. The maximum Gasteiger partial charge on any atom is 4.00 e. The van der Waals surface area contributed by atoms with Crippen LogP contribution in [0.3, 0.4) is 0 Å². The number of hydrogen-bond donors (Lipinski definition) is 0. The first-order valence-corrected chi connectivity index (χ1v) is 10.3. The molecule has 21 heavy (non-hydrogen) atoms. The van der Waals surface area contributed by atoms with Crippen LogP contribution in [-0.2, 0) is 40.6 Å². The molecule has 0 bridgehead atoms. The van der Waals surface area contributed by atoms with Crippen molar-refractivity contribution in [1.82, 2.24) is 0 Å². The molecule has 2 rings (SSSR count). The van der Waals surface area contributed by atoms with Gasteiger partial charge in [-0.25, -0.2) is 6.07 Å². The van der Waals surface area contributed by atoms with Crippen molar-refractivity contribution in [3.63, 3.8) is 0 Å². The molecular formula is C19H36SiTi. The fourth-order valence-corrected chi connectivity index (χ4v) is 4.40. The zero-order valence-corrected chi connectivity index (χ0v) is 18.3. The average Bonchev–Trinajstić information content (AvgIpc) is 2.56. The number of aryl methyl sites for hydroxylation is 2. The van der Waals surface area contributed by atoms with E-state index in [-0.39, 0.29) is 44.0 Å². The number of fused-ring (bicyclic) bond motifs is 1. The van der Waals surface area contributed by atoms with Gasteiger partial charge >= 0.3 is 21.7 Å². The molecule has 0 unspecified atom stereocenters. The summed E-state index contributed by atoms with van der Waals surface area (Å²) >= 11 is 0. The SMILES string of the molecule is CC(C)(C)[Si](C)(C)Cc1cc2c([cH-]1)CCCC2.[CH3-].[CH3-].[CH3-].[Ti+4]. The van der Waals surface area contributed by atoms with Crippen molar-refractivity contribution in [1.29, 1.82) is 0 Å². The first kappa shape index (κ1) is 26.2. The van der Waals surface area contributed by atoms with Gasteiger partial charge in [-0.15, -0.1) is 0 Å². The molecule has 2 heteroatoms. The molecule has 0 radical (unpaired) electrons. The summed E-state index contributed by atoms with van der Waals surface area (Å²) in [6.07, 6.45) is 5.45. The predicted octanol–water partition coefficient (Wildman–Crippen LogP) is 6.22. The molecule has 0 aliphatic heterocycles. The zero-order valence-electron chi connectivity index (χ0n) is 15.7. The molecule has 120 valence electrons. The third-order valence-corrected chi connectivity index (χ3v) is 10.3. The van der Waals surface area contributed by atoms with Gasteiger partial charge in [0.25, 0.3) is 0 Å². The van der Waals surface area contributed by atoms with Crippen LogP contribution in [0.4, 0.5) is 0 Å². The van der Waals surface area contributed by atoms with Crippen LogP contribution in [0.1, 0.15) is 50.3 Å². The molecule has 0 heterocycles. The van der Waals surface area contributed by atoms with E-state index >= 15 is 0 Å². The van der Waals surface area contributed by atoms with E-state index in [4.69, 9.17) is 0 Å². The van der Waals surface area contributed by atoms with Gasteiger partial charge in [-0.2, -0.15) is 22.8 Å². The minimum Gasteiger partial charge on any atom is -0.358 e. The van der Waals surface area contributed by atoms with Crippen LogP contribution in [0.15, 0.2) is 12.1 Å². The third-order valence-electron chi connectivity index (χ3n) is 4.95. The monoisotopic (exact) mass is 340 g/mol. The van der Waals surface area contributed by atoms with E-state index in [2.05, 4.69) is 46.0 Å². The van der Waals surface area contributed by atoms with Crippen molar-refractivity contribution in [3.05, 3.63) is 51.1 Å². The third kappa shape index (κ3) is 6.12. The van der Waals surface area contributed by atoms with Crippen LogP contribution in [0.5, 0.6) is 0 Å². The Labute approximate surface area is 151 Å². The van der Waals surface area contributed by atoms with E-state index in [1.54, 1.807) is 16.7 Å². The summed E-state index contributed by atoms with van der Waals surface area (Å²) in [7, 11) is -1.16. The minimum atomic E-state index is -1.16. The molecule has 0 saturated carbocycles. The summed E-state index contributed by atoms with van der Waals surface area (Å²) in [5.41, 5.74) is 4.94. The van der Waals surface area contributed by atoms with Crippen LogP contribution in [0, 0.1) is 22.3 Å². The molecule has 0 nitrogen and oxygen atoms in total. The van der Waals surface area contributed by atoms with E-state index in [0.717, 1.165) is 0 Å². The van der Waals surface area contributed by atoms with Gasteiger partial charge in [0.2, 0.25) is 0 Å². The van der Waals surface area contributed by atoms with Gasteiger partial charge in [0.1, 0.15) is 0 Å². The van der Waals surface area contributed by atoms with Crippen molar-refractivity contribution < 1.29 is 21.7 Å². The smallest absolute Gasteiger partial charge is 0.358 e. The fraction of sp³-hybridized carbons (Fsp3) is 0.579. The van der Waals surface area contributed by atoms with Crippen LogP contribution in [-0.4, -0.2) is 8.07 Å². The molecule has 0 saturated heterocycles. The molecule has 1 aliphatic rings. The van der Waals surface area contributed by atoms with Gasteiger partial charge in [-0.05, 0) is 5.04 Å². The first-order valence-electron chi connectivity index (χ1n) is 7.07. The summed E-state index contributed by atoms with van der Waals surface area (Å²) in [6.45, 7) is 12.3. The zero-order chi connectivity index (χ0) is 12.7. The molecule has 0 spiro atoms. The summed E-state index contributed by atoms with van der Waals surface area (Å²) in [5, 5.41) is 0.505. The van der Waals surface area contributed by atoms with Crippen LogP contribution < -0.4 is 0 Å². The second-order valence-electron chi connectivity index (χ2n) is 7.43. The Morgan fingerprint density at radius 1 is 1.05 bits per heavy atom. The van der Waals surface area contributed by atoms with Crippen molar-refractivity contribution in [3.8, 4) is 0 Å². The second kappa shape index (κ2) is 9.43. The molecule has 0 amide bonds. The largest absolute Gasteiger partial charge is 4.00 e. The van der Waals surface area contributed by atoms with Crippen LogP contribution in [0.2, 0.25) is 18.1 Å². The van der Waals surface area contributed by atoms with Gasteiger partial charge in [-0.3, -0.25) is 0 Å². The first-order chi connectivity index (χ1) is 7.79. The van der Waals surface area contributed by atoms with Gasteiger partial charge in [0.05, 0.1) is 8.07 Å². The quantitative estimate of drug-likeness (QED) is 0.443. The Morgan fingerprint density at radius 2 is 1.57 bits per heavy atom. The molecule has 0 fully saturated rings. The summed E-state index contributed by atoms with van der Waals surface area (Å²) in [5.74, 6) is 0. The van der Waals surface area contributed by atoms with Crippen molar-refractivity contribution in [2.24, 2.45) is 0 Å². The van der Waals surface area contributed by atoms with E-state index in [1.165, 1.54) is 31.7 Å². The minimum absolute atomic E-state index is 0. The Bertz CT molecular complexity index is 373. The Hall–Kier alpha value is 0.281. The molecule has 1 aromatic rings. The standard InChI is InChI=1S/C16H27Si.3CH3.Ti/c1-16(2,3)17(4,5)12-13-10-14-8-6-7-9-15(14)11-13;;;;/h10-11H,6-9,12H2,1-5H3;3*1H3;/q4*-1;+4. The second-order valence-corrected chi connectivity index (χ2v) is 13.1. The van der Waals surface area contributed by atoms with E-state index in [0.29, 0.717) is 5.04 Å². The molecular weight excluding hydrogens is 304 g/mol. The topological polar surface area (TPSA) is 0 Å². The van der Waals surface area contributed by atoms with Gasteiger partial charge < -0.3 is 22.3 Å². The molecule has 1 aliphatic carbocycles. The van der Waals surface area contributed by atoms with Gasteiger partial charge in [0, 0.05) is 0 Å². The van der Waals surface area contributed by atoms with Gasteiger partial charge in [-0.1, -0.05) is 65.6 Å². The van der Waals surface area contributed by atoms with Crippen molar-refractivity contribution in [2.75, 3.05) is 0 Å². The molecule has 0 N–H and O–H groups in total. The van der Waals surface area contributed by atoms with E-state index < -0.39 is 8.07 Å². The Kier molecular flexibility index (Phi) is 11.8. The number of hydrogen-bond acceptors (Lipinski definition) is 0. The normalized spacial score (nSPS) is 13.8. The van der Waals surface area contributed by atoms with E-state index in [9.17, 15) is 0 Å². The maximum atomic E-state index is 2.54. The summed E-state index contributed by atoms with van der Waals surface area (Å²) < 4.78 is 0. The van der Waals surface area contributed by atoms with Gasteiger partial charge in [0.15, 0.2) is 0 Å². The summed E-state index contributed by atoms with van der Waals surface area (Å²) in [4.78, 5) is 0. The Balaban J connectivity index is -0.000000810. The summed E-state index contributed by atoms with van der Waals surface area (Å²) in [6, 6.07) is 6.37.